The van der Waals surface area contributed by atoms with E-state index < -0.39 is 29.3 Å². The van der Waals surface area contributed by atoms with Crippen molar-refractivity contribution in [2.24, 2.45) is 0 Å². The first-order chi connectivity index (χ1) is 18.6. The molecule has 0 unspecified atom stereocenters. The number of hydrogen-bond donors (Lipinski definition) is 4. The lowest BCUT2D eigenvalue weighted by Crippen LogP contribution is -2.33. The summed E-state index contributed by atoms with van der Waals surface area (Å²) in [5.41, 5.74) is 1.13. The maximum atomic E-state index is 14.5. The maximum absolute atomic E-state index is 14.5. The molecule has 1 aromatic heterocycles. The van der Waals surface area contributed by atoms with Gasteiger partial charge >= 0.3 is 5.69 Å². The van der Waals surface area contributed by atoms with E-state index in [4.69, 9.17) is 0 Å². The zero-order chi connectivity index (χ0) is 28.1. The number of carbonyl (C=O) groups excluding carboxylic acids is 2. The molecular weight excluding hydrogens is 616 g/mol. The summed E-state index contributed by atoms with van der Waals surface area (Å²) in [6.07, 6.45) is 0.0697. The second-order valence-electron chi connectivity index (χ2n) is 9.18. The summed E-state index contributed by atoms with van der Waals surface area (Å²) >= 11 is 1.96. The van der Waals surface area contributed by atoms with Crippen molar-refractivity contribution in [2.75, 3.05) is 31.3 Å². The molecule has 0 aliphatic heterocycles. The number of nitrogens with one attached hydrogen (secondary N) is 3. The highest BCUT2D eigenvalue weighted by Crippen LogP contribution is 2.31. The standard InChI is InChI=1S/C28H27FIN5O4/c1-34(2)16-24(36)31-20-11-8-18(9-12-20)25-27(38)35(28(39)33-25)23(14-17-6-4-3-5-7-17)26(37)32-22-13-10-19(30)15-21(22)29/h3-13,15,23,38H,14,16H2,1-2H3,(H,31,36)(H,32,37)(H,33,39)/t23-/m0/s1. The van der Waals surface area contributed by atoms with Gasteiger partial charge in [0.25, 0.3) is 0 Å². The molecule has 4 rings (SSSR count). The van der Waals surface area contributed by atoms with Crippen LogP contribution in [0.3, 0.4) is 0 Å². The van der Waals surface area contributed by atoms with Gasteiger partial charge in [-0.2, -0.15) is 0 Å². The van der Waals surface area contributed by atoms with E-state index in [1.165, 1.54) is 12.1 Å². The quantitative estimate of drug-likeness (QED) is 0.204. The fourth-order valence-electron chi connectivity index (χ4n) is 4.08. The van der Waals surface area contributed by atoms with Crippen LogP contribution < -0.4 is 16.3 Å². The monoisotopic (exact) mass is 643 g/mol. The molecule has 0 aliphatic carbocycles. The number of hydrogen-bond acceptors (Lipinski definition) is 5. The van der Waals surface area contributed by atoms with Crippen LogP contribution in [0.4, 0.5) is 15.8 Å². The number of aromatic amines is 1. The number of amides is 2. The molecule has 0 saturated carbocycles. The van der Waals surface area contributed by atoms with Crippen molar-refractivity contribution in [1.82, 2.24) is 14.5 Å². The van der Waals surface area contributed by atoms with Crippen LogP contribution in [-0.2, 0) is 16.0 Å². The van der Waals surface area contributed by atoms with Crippen LogP contribution in [0.15, 0.2) is 77.6 Å². The minimum atomic E-state index is -1.19. The predicted molar refractivity (Wildman–Crippen MR) is 156 cm³/mol. The van der Waals surface area contributed by atoms with Crippen LogP contribution in [0.5, 0.6) is 5.88 Å². The van der Waals surface area contributed by atoms with Gasteiger partial charge in [-0.1, -0.05) is 42.5 Å². The second-order valence-corrected chi connectivity index (χ2v) is 10.4. The molecular formula is C28H27FIN5O4. The number of rotatable bonds is 9. The zero-order valence-corrected chi connectivity index (χ0v) is 23.4. The Bertz CT molecular complexity index is 1530. The highest BCUT2D eigenvalue weighted by atomic mass is 127. The molecule has 202 valence electrons. The van der Waals surface area contributed by atoms with Crippen LogP contribution in [0, 0.1) is 9.39 Å². The van der Waals surface area contributed by atoms with E-state index in [1.807, 2.05) is 28.7 Å². The average Bonchev–Trinajstić information content (AvgIpc) is 3.18. The van der Waals surface area contributed by atoms with Crippen molar-refractivity contribution < 1.29 is 19.1 Å². The molecule has 2 amide bonds. The van der Waals surface area contributed by atoms with Gasteiger partial charge in [-0.05, 0) is 72.6 Å². The first kappa shape index (κ1) is 28.0. The van der Waals surface area contributed by atoms with Gasteiger partial charge in [0.1, 0.15) is 17.6 Å². The number of H-pyrrole nitrogens is 1. The third kappa shape index (κ3) is 6.92. The molecule has 0 spiro atoms. The van der Waals surface area contributed by atoms with Crippen molar-refractivity contribution >= 4 is 45.8 Å². The van der Waals surface area contributed by atoms with Crippen LogP contribution in [0.25, 0.3) is 11.3 Å². The Morgan fingerprint density at radius 3 is 2.38 bits per heavy atom. The summed E-state index contributed by atoms with van der Waals surface area (Å²) in [5, 5.41) is 16.5. The van der Waals surface area contributed by atoms with Gasteiger partial charge < -0.3 is 25.6 Å². The highest BCUT2D eigenvalue weighted by Gasteiger charge is 2.28. The SMILES string of the molecule is CN(C)CC(=O)Nc1ccc(-c2[nH]c(=O)n([C@@H](Cc3ccccc3)C(=O)Nc3ccc(I)cc3F)c2O)cc1. The second kappa shape index (κ2) is 12.3. The molecule has 39 heavy (non-hydrogen) atoms. The minimum Gasteiger partial charge on any atom is -0.493 e. The zero-order valence-electron chi connectivity index (χ0n) is 21.2. The maximum Gasteiger partial charge on any atom is 0.329 e. The lowest BCUT2D eigenvalue weighted by molar-refractivity contribution is -0.119. The summed E-state index contributed by atoms with van der Waals surface area (Å²) in [6.45, 7) is 0.218. The average molecular weight is 643 g/mol. The molecule has 4 aromatic rings. The van der Waals surface area contributed by atoms with Gasteiger partial charge in [-0.15, -0.1) is 0 Å². The number of benzene rings is 3. The number of likely N-dealkylation sites (N-methyl/N-ethyl adjacent to an activating group) is 1. The van der Waals surface area contributed by atoms with Gasteiger partial charge in [0, 0.05) is 21.2 Å². The molecule has 0 bridgehead atoms. The summed E-state index contributed by atoms with van der Waals surface area (Å²) in [5.74, 6) is -1.91. The number of anilines is 2. The molecule has 0 fully saturated rings. The van der Waals surface area contributed by atoms with Crippen molar-refractivity contribution in [1.29, 1.82) is 0 Å². The van der Waals surface area contributed by atoms with E-state index in [2.05, 4.69) is 15.6 Å². The molecule has 0 radical (unpaired) electrons. The lowest BCUT2D eigenvalue weighted by atomic mass is 10.0. The number of halogens is 2. The summed E-state index contributed by atoms with van der Waals surface area (Å²) < 4.78 is 16.1. The third-order valence-electron chi connectivity index (χ3n) is 5.89. The molecule has 3 aromatic carbocycles. The van der Waals surface area contributed by atoms with E-state index in [0.717, 1.165) is 10.1 Å². The molecule has 1 heterocycles. The Labute approximate surface area is 237 Å². The summed E-state index contributed by atoms with van der Waals surface area (Å²) in [4.78, 5) is 42.9. The largest absolute Gasteiger partial charge is 0.493 e. The van der Waals surface area contributed by atoms with E-state index >= 15 is 0 Å². The van der Waals surface area contributed by atoms with Gasteiger partial charge in [0.05, 0.1) is 12.2 Å². The van der Waals surface area contributed by atoms with Crippen LogP contribution in [-0.4, -0.2) is 52.0 Å². The van der Waals surface area contributed by atoms with E-state index in [1.54, 1.807) is 73.6 Å². The Hall–Kier alpha value is -3.97. The van der Waals surface area contributed by atoms with Crippen molar-refractivity contribution in [3.05, 3.63) is 98.2 Å². The van der Waals surface area contributed by atoms with Crippen LogP contribution in [0.1, 0.15) is 11.6 Å². The number of carbonyl (C=O) groups is 2. The van der Waals surface area contributed by atoms with E-state index in [0.29, 0.717) is 14.8 Å². The van der Waals surface area contributed by atoms with E-state index in [-0.39, 0.29) is 30.3 Å². The summed E-state index contributed by atoms with van der Waals surface area (Å²) in [7, 11) is 3.57. The number of nitrogens with zero attached hydrogens (tertiary/aromatic N) is 2. The van der Waals surface area contributed by atoms with Gasteiger partial charge in [-0.3, -0.25) is 9.59 Å². The number of aromatic hydroxyl groups is 1. The Morgan fingerprint density at radius 1 is 1.05 bits per heavy atom. The molecule has 11 heteroatoms. The highest BCUT2D eigenvalue weighted by molar-refractivity contribution is 14.1. The topological polar surface area (TPSA) is 119 Å². The minimum absolute atomic E-state index is 0.0336. The first-order valence-electron chi connectivity index (χ1n) is 12.0. The van der Waals surface area contributed by atoms with Crippen molar-refractivity contribution in [3.8, 4) is 17.1 Å². The smallest absolute Gasteiger partial charge is 0.329 e. The van der Waals surface area contributed by atoms with Crippen LogP contribution in [0.2, 0.25) is 0 Å². The third-order valence-corrected chi connectivity index (χ3v) is 6.57. The fourth-order valence-corrected chi connectivity index (χ4v) is 4.54. The molecule has 0 aliphatic rings. The Kier molecular flexibility index (Phi) is 8.82. The van der Waals surface area contributed by atoms with Gasteiger partial charge in [0.2, 0.25) is 17.7 Å². The van der Waals surface area contributed by atoms with Crippen molar-refractivity contribution in [2.45, 2.75) is 12.5 Å². The van der Waals surface area contributed by atoms with Gasteiger partial charge in [0.15, 0.2) is 0 Å². The summed E-state index contributed by atoms with van der Waals surface area (Å²) in [6, 6.07) is 18.8. The lowest BCUT2D eigenvalue weighted by Gasteiger charge is -2.19. The Balaban J connectivity index is 1.66. The Morgan fingerprint density at radius 2 is 1.74 bits per heavy atom. The van der Waals surface area contributed by atoms with Crippen molar-refractivity contribution in [3.63, 3.8) is 0 Å². The molecule has 9 nitrogen and oxygen atoms in total. The molecule has 0 saturated heterocycles. The van der Waals surface area contributed by atoms with Gasteiger partial charge in [-0.25, -0.2) is 13.8 Å². The normalized spacial score (nSPS) is 11.8. The van der Waals surface area contributed by atoms with Crippen LogP contribution >= 0.6 is 22.6 Å². The number of aromatic nitrogens is 2. The number of imidazole rings is 1. The predicted octanol–water partition coefficient (Wildman–Crippen LogP) is 4.22. The van der Waals surface area contributed by atoms with E-state index in [9.17, 15) is 23.9 Å². The molecule has 1 atom stereocenters. The molecule has 4 N–H and O–H groups in total. The first-order valence-corrected chi connectivity index (χ1v) is 13.1. The fraction of sp³-hybridized carbons (Fsp3) is 0.179.